The van der Waals surface area contributed by atoms with Gasteiger partial charge in [-0.1, -0.05) is 16.3 Å². The second-order valence-electron chi connectivity index (χ2n) is 2.95. The number of rotatable bonds is 1. The van der Waals surface area contributed by atoms with Crippen LogP contribution in [0.3, 0.4) is 0 Å². The third kappa shape index (κ3) is 1.35. The van der Waals surface area contributed by atoms with Crippen molar-refractivity contribution >= 4 is 17.4 Å². The summed E-state index contributed by atoms with van der Waals surface area (Å²) in [5.74, 6) is 0.0484. The highest BCUT2D eigenvalue weighted by Crippen LogP contribution is 2.23. The first-order valence-electron chi connectivity index (χ1n) is 3.94. The van der Waals surface area contributed by atoms with Gasteiger partial charge in [0, 0.05) is 0 Å². The molecule has 0 aromatic rings. The smallest absolute Gasteiger partial charge is 0.233 e. The fourth-order valence-corrected chi connectivity index (χ4v) is 1.55. The van der Waals surface area contributed by atoms with E-state index in [1.165, 1.54) is 0 Å². The SMILES string of the molecule is CC(=O)C1=CN=[N+]2C=C(Cl)C=CC12. The fourth-order valence-electron chi connectivity index (χ4n) is 1.38. The van der Waals surface area contributed by atoms with Gasteiger partial charge in [0.2, 0.25) is 12.2 Å². The molecule has 2 aliphatic rings. The summed E-state index contributed by atoms with van der Waals surface area (Å²) < 4.78 is 1.68. The number of fused-ring (bicyclic) bond motifs is 1. The number of ketones is 1. The molecule has 66 valence electrons. The van der Waals surface area contributed by atoms with E-state index in [0.717, 1.165) is 0 Å². The lowest BCUT2D eigenvalue weighted by molar-refractivity contribution is -0.537. The van der Waals surface area contributed by atoms with Crippen LogP contribution in [0.15, 0.2) is 40.3 Å². The third-order valence-corrected chi connectivity index (χ3v) is 2.26. The number of allylic oxidation sites excluding steroid dienone is 2. The second-order valence-corrected chi connectivity index (χ2v) is 3.39. The van der Waals surface area contributed by atoms with Crippen molar-refractivity contribution in [2.24, 2.45) is 5.11 Å². The van der Waals surface area contributed by atoms with Gasteiger partial charge in [0.05, 0.1) is 5.57 Å². The average Bonchev–Trinajstić information content (AvgIpc) is 2.46. The molecule has 0 N–H and O–H groups in total. The Balaban J connectivity index is 2.33. The monoisotopic (exact) mass is 195 g/mol. The molecule has 2 rings (SSSR count). The summed E-state index contributed by atoms with van der Waals surface area (Å²) in [6, 6.07) is -0.0556. The predicted molar refractivity (Wildman–Crippen MR) is 48.3 cm³/mol. The number of azo groups is 2. The summed E-state index contributed by atoms with van der Waals surface area (Å²) in [6.07, 6.45) is 6.94. The molecule has 0 bridgehead atoms. The lowest BCUT2D eigenvalue weighted by Crippen LogP contribution is -2.22. The molecular formula is C9H8ClN2O+. The maximum Gasteiger partial charge on any atom is 0.233 e. The van der Waals surface area contributed by atoms with Crippen molar-refractivity contribution in [1.82, 2.24) is 0 Å². The standard InChI is InChI=1S/C9H8ClN2O/c1-6(13)8-4-11-12-5-7(10)2-3-9(8)12/h2-5,9H,1H3/q+1. The number of hydrogen-bond donors (Lipinski definition) is 0. The predicted octanol–water partition coefficient (Wildman–Crippen LogP) is 1.96. The highest BCUT2D eigenvalue weighted by atomic mass is 35.5. The molecule has 0 saturated heterocycles. The molecule has 13 heavy (non-hydrogen) atoms. The van der Waals surface area contributed by atoms with Crippen molar-refractivity contribution in [2.75, 3.05) is 0 Å². The summed E-state index contributed by atoms with van der Waals surface area (Å²) in [6.45, 7) is 1.54. The average molecular weight is 196 g/mol. The molecule has 0 saturated carbocycles. The van der Waals surface area contributed by atoms with E-state index < -0.39 is 0 Å². The highest BCUT2D eigenvalue weighted by molar-refractivity contribution is 6.31. The molecule has 1 atom stereocenters. The van der Waals surface area contributed by atoms with E-state index in [9.17, 15) is 4.79 Å². The van der Waals surface area contributed by atoms with Crippen molar-refractivity contribution < 1.29 is 9.49 Å². The molecule has 2 heterocycles. The Bertz CT molecular complexity index is 390. The first-order chi connectivity index (χ1) is 6.18. The normalized spacial score (nSPS) is 24.8. The second kappa shape index (κ2) is 2.92. The van der Waals surface area contributed by atoms with E-state index in [4.69, 9.17) is 11.6 Å². The van der Waals surface area contributed by atoms with Crippen molar-refractivity contribution in [1.29, 1.82) is 0 Å². The lowest BCUT2D eigenvalue weighted by Gasteiger charge is -2.05. The first-order valence-corrected chi connectivity index (χ1v) is 4.32. The van der Waals surface area contributed by atoms with E-state index in [0.29, 0.717) is 10.6 Å². The minimum atomic E-state index is -0.0556. The summed E-state index contributed by atoms with van der Waals surface area (Å²) in [4.78, 5) is 11.1. The van der Waals surface area contributed by atoms with Crippen molar-refractivity contribution in [2.45, 2.75) is 13.0 Å². The van der Waals surface area contributed by atoms with Crippen LogP contribution in [0.25, 0.3) is 0 Å². The van der Waals surface area contributed by atoms with Gasteiger partial charge in [-0.15, -0.1) is 0 Å². The van der Waals surface area contributed by atoms with Gasteiger partial charge < -0.3 is 0 Å². The molecule has 1 unspecified atom stereocenters. The number of carbonyl (C=O) groups is 1. The topological polar surface area (TPSA) is 32.4 Å². The van der Waals surface area contributed by atoms with Gasteiger partial charge >= 0.3 is 0 Å². The Labute approximate surface area is 80.7 Å². The van der Waals surface area contributed by atoms with Crippen LogP contribution < -0.4 is 0 Å². The Hall–Kier alpha value is -1.22. The van der Waals surface area contributed by atoms with E-state index in [2.05, 4.69) is 5.11 Å². The van der Waals surface area contributed by atoms with Crippen LogP contribution >= 0.6 is 11.6 Å². The Morgan fingerprint density at radius 2 is 2.46 bits per heavy atom. The van der Waals surface area contributed by atoms with E-state index in [-0.39, 0.29) is 11.8 Å². The maximum absolute atomic E-state index is 11.1. The van der Waals surface area contributed by atoms with E-state index in [1.807, 2.05) is 6.08 Å². The number of hydrogen-bond acceptors (Lipinski definition) is 2. The number of nitrogens with zero attached hydrogens (tertiary/aromatic N) is 2. The summed E-state index contributed by atoms with van der Waals surface area (Å²) >= 11 is 5.78. The van der Waals surface area contributed by atoms with Gasteiger partial charge in [-0.2, -0.15) is 0 Å². The van der Waals surface area contributed by atoms with Gasteiger partial charge in [-0.05, 0) is 24.2 Å². The molecule has 0 aromatic carbocycles. The van der Waals surface area contributed by atoms with Crippen LogP contribution in [-0.2, 0) is 4.79 Å². The zero-order valence-corrected chi connectivity index (χ0v) is 7.82. The van der Waals surface area contributed by atoms with E-state index >= 15 is 0 Å². The van der Waals surface area contributed by atoms with Gasteiger partial charge in [0.25, 0.3) is 0 Å². The van der Waals surface area contributed by atoms with Crippen LogP contribution in [0.5, 0.6) is 0 Å². The Kier molecular flexibility index (Phi) is 1.88. The van der Waals surface area contributed by atoms with Crippen molar-refractivity contribution in [3.05, 3.63) is 35.2 Å². The van der Waals surface area contributed by atoms with Gasteiger partial charge in [-0.25, -0.2) is 0 Å². The van der Waals surface area contributed by atoms with Crippen LogP contribution in [-0.4, -0.2) is 16.5 Å². The van der Waals surface area contributed by atoms with Gasteiger partial charge in [0.1, 0.15) is 11.2 Å². The third-order valence-electron chi connectivity index (χ3n) is 2.03. The lowest BCUT2D eigenvalue weighted by atomic mass is 10.0. The fraction of sp³-hybridized carbons (Fsp3) is 0.222. The van der Waals surface area contributed by atoms with Crippen molar-refractivity contribution in [3.63, 3.8) is 0 Å². The Morgan fingerprint density at radius 1 is 1.69 bits per heavy atom. The zero-order valence-electron chi connectivity index (χ0n) is 7.07. The van der Waals surface area contributed by atoms with E-state index in [1.54, 1.807) is 30.1 Å². The number of Topliss-reactive ketones (excluding diaryl/α,β-unsaturated/α-hetero) is 1. The molecule has 0 spiro atoms. The number of halogens is 1. The first kappa shape index (κ1) is 8.38. The molecule has 0 radical (unpaired) electrons. The molecule has 4 heteroatoms. The summed E-state index contributed by atoms with van der Waals surface area (Å²) in [5, 5.41) is 4.67. The molecule has 2 aliphatic heterocycles. The highest BCUT2D eigenvalue weighted by Gasteiger charge is 2.33. The Morgan fingerprint density at radius 3 is 3.15 bits per heavy atom. The quantitative estimate of drug-likeness (QED) is 0.589. The largest absolute Gasteiger partial charge is 0.295 e. The van der Waals surface area contributed by atoms with Crippen LogP contribution in [0, 0.1) is 0 Å². The molecule has 3 nitrogen and oxygen atoms in total. The van der Waals surface area contributed by atoms with Crippen molar-refractivity contribution in [3.8, 4) is 0 Å². The summed E-state index contributed by atoms with van der Waals surface area (Å²) in [5.41, 5.74) is 0.705. The zero-order chi connectivity index (χ0) is 9.42. The summed E-state index contributed by atoms with van der Waals surface area (Å²) in [7, 11) is 0. The molecule has 0 amide bonds. The number of carbonyl (C=O) groups excluding carboxylic acids is 1. The van der Waals surface area contributed by atoms with Gasteiger partial charge in [0.15, 0.2) is 5.78 Å². The molecule has 0 aliphatic carbocycles. The van der Waals surface area contributed by atoms with Gasteiger partial charge in [-0.3, -0.25) is 4.79 Å². The minimum Gasteiger partial charge on any atom is -0.295 e. The molecule has 0 aromatic heterocycles. The maximum atomic E-state index is 11.1. The van der Waals surface area contributed by atoms with Crippen LogP contribution in [0.2, 0.25) is 0 Å². The minimum absolute atomic E-state index is 0.0484. The molecule has 0 fully saturated rings. The van der Waals surface area contributed by atoms with Crippen LogP contribution in [0.4, 0.5) is 0 Å². The van der Waals surface area contributed by atoms with Crippen LogP contribution in [0.1, 0.15) is 6.92 Å². The molecular weight excluding hydrogens is 188 g/mol.